The van der Waals surface area contributed by atoms with Crippen molar-refractivity contribution < 1.29 is 8.42 Å². The molecule has 0 aliphatic heterocycles. The number of nitrogens with one attached hydrogen (secondary N) is 1. The summed E-state index contributed by atoms with van der Waals surface area (Å²) in [5.74, 6) is 0.242. The normalized spacial score (nSPS) is 11.3. The fourth-order valence-corrected chi connectivity index (χ4v) is 1.99. The summed E-state index contributed by atoms with van der Waals surface area (Å²) in [6.07, 6.45) is 1.91. The van der Waals surface area contributed by atoms with Gasteiger partial charge in [0.2, 0.25) is 0 Å². The molecule has 0 heterocycles. The zero-order chi connectivity index (χ0) is 11.3. The van der Waals surface area contributed by atoms with Crippen LogP contribution in [0.15, 0.2) is 24.3 Å². The molecule has 0 saturated heterocycles. The number of anilines is 1. The summed E-state index contributed by atoms with van der Waals surface area (Å²) in [5.41, 5.74) is 2.24. The van der Waals surface area contributed by atoms with E-state index in [4.69, 9.17) is 0 Å². The minimum atomic E-state index is -2.83. The Morgan fingerprint density at radius 1 is 1.33 bits per heavy atom. The number of hydrogen-bond acceptors (Lipinski definition) is 3. The molecule has 3 nitrogen and oxygen atoms in total. The van der Waals surface area contributed by atoms with Gasteiger partial charge in [-0.2, -0.15) is 0 Å². The summed E-state index contributed by atoms with van der Waals surface area (Å²) in [7, 11) is -2.83. The van der Waals surface area contributed by atoms with Crippen molar-refractivity contribution in [3.8, 4) is 0 Å². The molecule has 0 amide bonds. The van der Waals surface area contributed by atoms with Gasteiger partial charge in [-0.25, -0.2) is 8.42 Å². The lowest BCUT2D eigenvalue weighted by molar-refractivity contribution is 0.600. The molecule has 0 atom stereocenters. The Balaban J connectivity index is 2.32. The molecular weight excluding hydrogens is 210 g/mol. The standard InChI is InChI=1S/C11H17NO2S/c1-10-5-3-6-11(9-10)12-7-4-8-15(2,13)14/h3,5-6,9,12H,4,7-8H2,1-2H3. The molecule has 0 aliphatic rings. The smallest absolute Gasteiger partial charge is 0.147 e. The molecule has 1 rings (SSSR count). The number of aryl methyl sites for hydroxylation is 1. The van der Waals surface area contributed by atoms with Gasteiger partial charge in [-0.3, -0.25) is 0 Å². The molecule has 1 aromatic rings. The lowest BCUT2D eigenvalue weighted by Gasteiger charge is -2.06. The van der Waals surface area contributed by atoms with Crippen molar-refractivity contribution in [2.45, 2.75) is 13.3 Å². The number of sulfone groups is 1. The van der Waals surface area contributed by atoms with Crippen LogP contribution < -0.4 is 5.32 Å². The molecule has 0 aromatic heterocycles. The monoisotopic (exact) mass is 227 g/mol. The van der Waals surface area contributed by atoms with E-state index in [9.17, 15) is 8.42 Å². The molecule has 1 N–H and O–H groups in total. The first kappa shape index (κ1) is 12.0. The van der Waals surface area contributed by atoms with Gasteiger partial charge in [0.15, 0.2) is 0 Å². The van der Waals surface area contributed by atoms with Crippen molar-refractivity contribution in [2.75, 3.05) is 23.9 Å². The van der Waals surface area contributed by atoms with Gasteiger partial charge in [0.1, 0.15) is 9.84 Å². The number of rotatable bonds is 5. The fraction of sp³-hybridized carbons (Fsp3) is 0.455. The molecule has 0 saturated carbocycles. The molecule has 0 unspecified atom stereocenters. The van der Waals surface area contributed by atoms with Crippen molar-refractivity contribution in [2.24, 2.45) is 0 Å². The summed E-state index contributed by atoms with van der Waals surface area (Å²) >= 11 is 0. The van der Waals surface area contributed by atoms with Gasteiger partial charge in [-0.15, -0.1) is 0 Å². The minimum absolute atomic E-state index is 0.242. The maximum atomic E-state index is 10.9. The third kappa shape index (κ3) is 5.42. The largest absolute Gasteiger partial charge is 0.385 e. The Morgan fingerprint density at radius 2 is 2.07 bits per heavy atom. The van der Waals surface area contributed by atoms with Gasteiger partial charge in [0.05, 0.1) is 5.75 Å². The molecule has 4 heteroatoms. The number of benzene rings is 1. The third-order valence-electron chi connectivity index (χ3n) is 2.04. The topological polar surface area (TPSA) is 46.2 Å². The Bertz CT molecular complexity index is 412. The van der Waals surface area contributed by atoms with Gasteiger partial charge in [0, 0.05) is 18.5 Å². The van der Waals surface area contributed by atoms with E-state index in [2.05, 4.69) is 5.32 Å². The fourth-order valence-electron chi connectivity index (χ4n) is 1.32. The Hall–Kier alpha value is -1.03. The van der Waals surface area contributed by atoms with Crippen molar-refractivity contribution in [3.63, 3.8) is 0 Å². The number of hydrogen-bond donors (Lipinski definition) is 1. The van der Waals surface area contributed by atoms with E-state index in [1.54, 1.807) is 0 Å². The Morgan fingerprint density at radius 3 is 2.67 bits per heavy atom. The first-order valence-electron chi connectivity index (χ1n) is 4.96. The summed E-state index contributed by atoms with van der Waals surface area (Å²) in [5, 5.41) is 3.19. The lowest BCUT2D eigenvalue weighted by atomic mass is 10.2. The van der Waals surface area contributed by atoms with Crippen LogP contribution in [0.3, 0.4) is 0 Å². The van der Waals surface area contributed by atoms with Gasteiger partial charge in [0.25, 0.3) is 0 Å². The average Bonchev–Trinajstić information content (AvgIpc) is 2.11. The third-order valence-corrected chi connectivity index (χ3v) is 3.07. The highest BCUT2D eigenvalue weighted by Crippen LogP contribution is 2.09. The first-order chi connectivity index (χ1) is 6.97. The van der Waals surface area contributed by atoms with Crippen LogP contribution in [-0.4, -0.2) is 27.0 Å². The summed E-state index contributed by atoms with van der Waals surface area (Å²) in [6.45, 7) is 2.72. The van der Waals surface area contributed by atoms with Crippen LogP contribution in [0.25, 0.3) is 0 Å². The van der Waals surface area contributed by atoms with Gasteiger partial charge in [-0.1, -0.05) is 12.1 Å². The first-order valence-corrected chi connectivity index (χ1v) is 7.02. The average molecular weight is 227 g/mol. The molecule has 0 spiro atoms. The Kier molecular flexibility index (Phi) is 4.15. The quantitative estimate of drug-likeness (QED) is 0.781. The van der Waals surface area contributed by atoms with E-state index in [0.717, 1.165) is 5.69 Å². The predicted molar refractivity (Wildman–Crippen MR) is 64.0 cm³/mol. The predicted octanol–water partition coefficient (Wildman–Crippen LogP) is 1.84. The maximum absolute atomic E-state index is 10.9. The highest BCUT2D eigenvalue weighted by Gasteiger charge is 2.00. The van der Waals surface area contributed by atoms with Crippen LogP contribution in [0.2, 0.25) is 0 Å². The van der Waals surface area contributed by atoms with Crippen LogP contribution in [0.5, 0.6) is 0 Å². The summed E-state index contributed by atoms with van der Waals surface area (Å²) < 4.78 is 21.7. The van der Waals surface area contributed by atoms with Crippen LogP contribution in [0, 0.1) is 6.92 Å². The molecule has 15 heavy (non-hydrogen) atoms. The second-order valence-corrected chi connectivity index (χ2v) is 6.04. The van der Waals surface area contributed by atoms with Gasteiger partial charge < -0.3 is 5.32 Å². The van der Waals surface area contributed by atoms with E-state index >= 15 is 0 Å². The lowest BCUT2D eigenvalue weighted by Crippen LogP contribution is -2.09. The molecule has 0 bridgehead atoms. The summed E-state index contributed by atoms with van der Waals surface area (Å²) in [4.78, 5) is 0. The molecule has 1 aromatic carbocycles. The molecule has 0 fully saturated rings. The highest BCUT2D eigenvalue weighted by molar-refractivity contribution is 7.90. The second kappa shape index (κ2) is 5.16. The zero-order valence-electron chi connectivity index (χ0n) is 9.16. The van der Waals surface area contributed by atoms with Crippen LogP contribution in [-0.2, 0) is 9.84 Å². The van der Waals surface area contributed by atoms with Gasteiger partial charge in [-0.05, 0) is 31.0 Å². The van der Waals surface area contributed by atoms with E-state index in [0.29, 0.717) is 13.0 Å². The van der Waals surface area contributed by atoms with Crippen LogP contribution in [0.4, 0.5) is 5.69 Å². The van der Waals surface area contributed by atoms with Crippen LogP contribution in [0.1, 0.15) is 12.0 Å². The molecule has 84 valence electrons. The maximum Gasteiger partial charge on any atom is 0.147 e. The summed E-state index contributed by atoms with van der Waals surface area (Å²) in [6, 6.07) is 8.03. The molecule has 0 aliphatic carbocycles. The van der Waals surface area contributed by atoms with Gasteiger partial charge >= 0.3 is 0 Å². The second-order valence-electron chi connectivity index (χ2n) is 3.78. The molecular formula is C11H17NO2S. The van der Waals surface area contributed by atoms with Crippen molar-refractivity contribution in [1.82, 2.24) is 0 Å². The Labute approximate surface area is 91.4 Å². The van der Waals surface area contributed by atoms with E-state index in [1.807, 2.05) is 31.2 Å². The van der Waals surface area contributed by atoms with E-state index in [1.165, 1.54) is 11.8 Å². The van der Waals surface area contributed by atoms with Crippen molar-refractivity contribution in [3.05, 3.63) is 29.8 Å². The van der Waals surface area contributed by atoms with Crippen LogP contribution >= 0.6 is 0 Å². The van der Waals surface area contributed by atoms with E-state index < -0.39 is 9.84 Å². The molecule has 0 radical (unpaired) electrons. The van der Waals surface area contributed by atoms with Crippen molar-refractivity contribution >= 4 is 15.5 Å². The SMILES string of the molecule is Cc1cccc(NCCCS(C)(=O)=O)c1. The minimum Gasteiger partial charge on any atom is -0.385 e. The zero-order valence-corrected chi connectivity index (χ0v) is 9.97. The van der Waals surface area contributed by atoms with Crippen molar-refractivity contribution in [1.29, 1.82) is 0 Å². The highest BCUT2D eigenvalue weighted by atomic mass is 32.2. The van der Waals surface area contributed by atoms with E-state index in [-0.39, 0.29) is 5.75 Å².